The summed E-state index contributed by atoms with van der Waals surface area (Å²) in [6, 6.07) is 16.0. The van der Waals surface area contributed by atoms with Gasteiger partial charge < -0.3 is 9.72 Å². The quantitative estimate of drug-likeness (QED) is 0.593. The highest BCUT2D eigenvalue weighted by atomic mass is 16.1. The third kappa shape index (κ3) is 3.36. The van der Waals surface area contributed by atoms with E-state index in [0.29, 0.717) is 17.1 Å². The molecule has 1 aromatic carbocycles. The SMILES string of the molecule is O=C(Cc1cn2ccccc2n1)Nc1cccc(-c2ccc(=O)[nH]n2)c1. The molecule has 0 unspecified atom stereocenters. The van der Waals surface area contributed by atoms with Crippen molar-refractivity contribution in [1.82, 2.24) is 19.6 Å². The molecule has 128 valence electrons. The van der Waals surface area contributed by atoms with Gasteiger partial charge >= 0.3 is 0 Å². The number of carbonyl (C=O) groups excluding carboxylic acids is 1. The van der Waals surface area contributed by atoms with E-state index in [2.05, 4.69) is 20.5 Å². The predicted octanol–water partition coefficient (Wildman–Crippen LogP) is 2.27. The van der Waals surface area contributed by atoms with E-state index in [4.69, 9.17) is 0 Å². The second-order valence-corrected chi connectivity index (χ2v) is 5.81. The second-order valence-electron chi connectivity index (χ2n) is 5.81. The van der Waals surface area contributed by atoms with E-state index in [1.807, 2.05) is 53.2 Å². The molecule has 2 N–H and O–H groups in total. The lowest BCUT2D eigenvalue weighted by Crippen LogP contribution is -2.14. The lowest BCUT2D eigenvalue weighted by molar-refractivity contribution is -0.115. The van der Waals surface area contributed by atoms with Crippen LogP contribution in [0.2, 0.25) is 0 Å². The molecule has 0 aliphatic heterocycles. The predicted molar refractivity (Wildman–Crippen MR) is 97.8 cm³/mol. The average Bonchev–Trinajstić information content (AvgIpc) is 3.04. The zero-order valence-electron chi connectivity index (χ0n) is 13.7. The molecule has 0 spiro atoms. The van der Waals surface area contributed by atoms with Crippen LogP contribution in [0.1, 0.15) is 5.69 Å². The molecule has 3 aromatic heterocycles. The molecule has 7 nitrogen and oxygen atoms in total. The number of nitrogens with zero attached hydrogens (tertiary/aromatic N) is 3. The van der Waals surface area contributed by atoms with E-state index in [9.17, 15) is 9.59 Å². The third-order valence-corrected chi connectivity index (χ3v) is 3.88. The summed E-state index contributed by atoms with van der Waals surface area (Å²) in [5.41, 5.74) is 3.33. The molecule has 3 heterocycles. The zero-order chi connectivity index (χ0) is 17.9. The molecule has 0 bridgehead atoms. The molecular formula is C19H15N5O2. The fourth-order valence-electron chi connectivity index (χ4n) is 2.70. The van der Waals surface area contributed by atoms with Gasteiger partial charge in [-0.2, -0.15) is 5.10 Å². The first-order valence-corrected chi connectivity index (χ1v) is 8.06. The number of benzene rings is 1. The van der Waals surface area contributed by atoms with Crippen LogP contribution in [0.4, 0.5) is 5.69 Å². The Morgan fingerprint density at radius 2 is 2.04 bits per heavy atom. The Labute approximate surface area is 148 Å². The molecule has 0 saturated heterocycles. The maximum atomic E-state index is 12.3. The summed E-state index contributed by atoms with van der Waals surface area (Å²) in [7, 11) is 0. The number of hydrogen-bond donors (Lipinski definition) is 2. The van der Waals surface area contributed by atoms with E-state index in [1.165, 1.54) is 6.07 Å². The first-order chi connectivity index (χ1) is 12.7. The Kier molecular flexibility index (Phi) is 4.03. The van der Waals surface area contributed by atoms with Crippen LogP contribution in [-0.2, 0) is 11.2 Å². The van der Waals surface area contributed by atoms with E-state index in [0.717, 1.165) is 11.2 Å². The van der Waals surface area contributed by atoms with Gasteiger partial charge in [-0.15, -0.1) is 0 Å². The number of amides is 1. The van der Waals surface area contributed by atoms with Crippen LogP contribution < -0.4 is 10.9 Å². The maximum Gasteiger partial charge on any atom is 0.264 e. The number of aromatic amines is 1. The Morgan fingerprint density at radius 3 is 2.85 bits per heavy atom. The minimum absolute atomic E-state index is 0.153. The van der Waals surface area contributed by atoms with Crippen molar-refractivity contribution in [3.05, 3.63) is 83.0 Å². The number of rotatable bonds is 4. The molecule has 1 amide bonds. The summed E-state index contributed by atoms with van der Waals surface area (Å²) < 4.78 is 1.88. The Hall–Kier alpha value is -3.74. The summed E-state index contributed by atoms with van der Waals surface area (Å²) in [5.74, 6) is -0.153. The van der Waals surface area contributed by atoms with Gasteiger partial charge in [0.05, 0.1) is 17.8 Å². The minimum atomic E-state index is -0.259. The molecule has 0 atom stereocenters. The Bertz CT molecular complexity index is 1090. The number of hydrogen-bond acceptors (Lipinski definition) is 4. The van der Waals surface area contributed by atoms with Crippen LogP contribution in [0.5, 0.6) is 0 Å². The first-order valence-electron chi connectivity index (χ1n) is 8.06. The van der Waals surface area contributed by atoms with E-state index < -0.39 is 0 Å². The van der Waals surface area contributed by atoms with E-state index in [-0.39, 0.29) is 17.9 Å². The lowest BCUT2D eigenvalue weighted by Gasteiger charge is -2.06. The van der Waals surface area contributed by atoms with Crippen molar-refractivity contribution in [2.24, 2.45) is 0 Å². The molecule has 4 rings (SSSR count). The molecule has 4 aromatic rings. The molecule has 7 heteroatoms. The van der Waals surface area contributed by atoms with Gasteiger partial charge in [0, 0.05) is 29.7 Å². The molecule has 0 radical (unpaired) electrons. The fourth-order valence-corrected chi connectivity index (χ4v) is 2.70. The normalized spacial score (nSPS) is 10.8. The van der Waals surface area contributed by atoms with Crippen LogP contribution in [0.15, 0.2) is 71.8 Å². The van der Waals surface area contributed by atoms with Crippen LogP contribution in [0, 0.1) is 0 Å². The third-order valence-electron chi connectivity index (χ3n) is 3.88. The monoisotopic (exact) mass is 345 g/mol. The van der Waals surface area contributed by atoms with Gasteiger partial charge in [0.2, 0.25) is 5.91 Å². The van der Waals surface area contributed by atoms with Crippen LogP contribution in [0.25, 0.3) is 16.9 Å². The van der Waals surface area contributed by atoms with Gasteiger partial charge in [0.1, 0.15) is 5.65 Å². The van der Waals surface area contributed by atoms with E-state index in [1.54, 1.807) is 12.1 Å². The standard InChI is InChI=1S/C19H15N5O2/c25-18-8-7-16(22-23-18)13-4-3-5-14(10-13)21-19(26)11-15-12-24-9-2-1-6-17(24)20-15/h1-10,12H,11H2,(H,21,26)(H,23,25). The van der Waals surface area contributed by atoms with Crippen molar-refractivity contribution in [1.29, 1.82) is 0 Å². The first kappa shape index (κ1) is 15.8. The highest BCUT2D eigenvalue weighted by molar-refractivity contribution is 5.92. The van der Waals surface area contributed by atoms with Crippen LogP contribution in [0.3, 0.4) is 0 Å². The summed E-state index contributed by atoms with van der Waals surface area (Å²) >= 11 is 0. The van der Waals surface area contributed by atoms with Crippen LogP contribution in [-0.4, -0.2) is 25.5 Å². The second kappa shape index (κ2) is 6.64. The van der Waals surface area contributed by atoms with Gasteiger partial charge in [-0.25, -0.2) is 10.1 Å². The van der Waals surface area contributed by atoms with Crippen LogP contribution >= 0.6 is 0 Å². The molecular weight excluding hydrogens is 330 g/mol. The summed E-state index contributed by atoms with van der Waals surface area (Å²) in [6.07, 6.45) is 3.92. The van der Waals surface area contributed by atoms with Gasteiger partial charge in [0.25, 0.3) is 5.56 Å². The Balaban J connectivity index is 1.49. The number of H-pyrrole nitrogens is 1. The number of fused-ring (bicyclic) bond motifs is 1. The highest BCUT2D eigenvalue weighted by Gasteiger charge is 2.09. The number of pyridine rings is 1. The largest absolute Gasteiger partial charge is 0.326 e. The number of anilines is 1. The summed E-state index contributed by atoms with van der Waals surface area (Å²) in [5, 5.41) is 9.27. The molecule has 0 aliphatic rings. The number of carbonyl (C=O) groups is 1. The molecule has 0 fully saturated rings. The number of imidazole rings is 1. The topological polar surface area (TPSA) is 92.2 Å². The highest BCUT2D eigenvalue weighted by Crippen LogP contribution is 2.20. The Morgan fingerprint density at radius 1 is 1.12 bits per heavy atom. The number of aromatic nitrogens is 4. The van der Waals surface area contributed by atoms with Crippen molar-refractivity contribution >= 4 is 17.2 Å². The van der Waals surface area contributed by atoms with Crippen molar-refractivity contribution in [3.8, 4) is 11.3 Å². The lowest BCUT2D eigenvalue weighted by atomic mass is 10.1. The van der Waals surface area contributed by atoms with Crippen molar-refractivity contribution in [2.75, 3.05) is 5.32 Å². The van der Waals surface area contributed by atoms with Gasteiger partial charge in [0.15, 0.2) is 0 Å². The average molecular weight is 345 g/mol. The molecule has 26 heavy (non-hydrogen) atoms. The zero-order valence-corrected chi connectivity index (χ0v) is 13.7. The minimum Gasteiger partial charge on any atom is -0.326 e. The van der Waals surface area contributed by atoms with Gasteiger partial charge in [-0.05, 0) is 30.3 Å². The van der Waals surface area contributed by atoms with E-state index >= 15 is 0 Å². The number of nitrogens with one attached hydrogen (secondary N) is 2. The summed E-state index contributed by atoms with van der Waals surface area (Å²) in [4.78, 5) is 27.9. The van der Waals surface area contributed by atoms with Crippen molar-refractivity contribution < 1.29 is 4.79 Å². The van der Waals surface area contributed by atoms with Gasteiger partial charge in [-0.3, -0.25) is 9.59 Å². The van der Waals surface area contributed by atoms with Gasteiger partial charge in [-0.1, -0.05) is 18.2 Å². The smallest absolute Gasteiger partial charge is 0.264 e. The molecule has 0 aliphatic carbocycles. The summed E-state index contributed by atoms with van der Waals surface area (Å²) in [6.45, 7) is 0. The van der Waals surface area contributed by atoms with Crippen molar-refractivity contribution in [2.45, 2.75) is 6.42 Å². The maximum absolute atomic E-state index is 12.3. The fraction of sp³-hybridized carbons (Fsp3) is 0.0526. The molecule has 0 saturated carbocycles. The van der Waals surface area contributed by atoms with Crippen molar-refractivity contribution in [3.63, 3.8) is 0 Å².